The Kier molecular flexibility index (Phi) is 4.47. The Hall–Kier alpha value is -3.41. The number of amides is 1. The van der Waals surface area contributed by atoms with Gasteiger partial charge in [-0.05, 0) is 55.7 Å². The van der Waals surface area contributed by atoms with Crippen molar-refractivity contribution >= 4 is 33.5 Å². The Morgan fingerprint density at radius 2 is 1.93 bits per heavy atom. The predicted octanol–water partition coefficient (Wildman–Crippen LogP) is 4.87. The molecule has 0 atom stereocenters. The van der Waals surface area contributed by atoms with Crippen LogP contribution in [0.15, 0.2) is 56.3 Å². The van der Waals surface area contributed by atoms with E-state index in [1.165, 1.54) is 18.2 Å². The molecule has 0 unspecified atom stereocenters. The molecule has 28 heavy (non-hydrogen) atoms. The van der Waals surface area contributed by atoms with Crippen LogP contribution in [0, 0.1) is 19.7 Å². The lowest BCUT2D eigenvalue weighted by Crippen LogP contribution is -2.16. The van der Waals surface area contributed by atoms with Crippen molar-refractivity contribution in [3.63, 3.8) is 0 Å². The second kappa shape index (κ2) is 6.96. The summed E-state index contributed by atoms with van der Waals surface area (Å²) in [5.74, 6) is -0.727. The van der Waals surface area contributed by atoms with E-state index in [1.807, 2.05) is 19.9 Å². The lowest BCUT2D eigenvalue weighted by atomic mass is 10.0. The minimum Gasteiger partial charge on any atom is -0.464 e. The molecule has 1 amide bonds. The number of halogens is 1. The van der Waals surface area contributed by atoms with Gasteiger partial charge in [-0.15, -0.1) is 0 Å². The first-order valence-electron chi connectivity index (χ1n) is 8.92. The monoisotopic (exact) mass is 379 g/mol. The van der Waals surface area contributed by atoms with Crippen molar-refractivity contribution in [1.82, 2.24) is 0 Å². The maximum atomic E-state index is 13.2. The average molecular weight is 379 g/mol. The van der Waals surface area contributed by atoms with E-state index in [0.29, 0.717) is 22.4 Å². The van der Waals surface area contributed by atoms with Crippen molar-refractivity contribution in [3.05, 3.63) is 75.6 Å². The summed E-state index contributed by atoms with van der Waals surface area (Å²) >= 11 is 0. The highest BCUT2D eigenvalue weighted by Gasteiger charge is 2.15. The molecule has 0 saturated carbocycles. The van der Waals surface area contributed by atoms with Crippen LogP contribution in [0.3, 0.4) is 0 Å². The number of nitrogens with one attached hydrogen (secondary N) is 1. The molecule has 4 aromatic rings. The van der Waals surface area contributed by atoms with Gasteiger partial charge in [0.2, 0.25) is 5.91 Å². The molecule has 2 aromatic carbocycles. The summed E-state index contributed by atoms with van der Waals surface area (Å²) in [5.41, 5.74) is 3.27. The average Bonchev–Trinajstić information content (AvgIpc) is 3.00. The minimum atomic E-state index is -0.466. The topological polar surface area (TPSA) is 72.5 Å². The van der Waals surface area contributed by atoms with E-state index < -0.39 is 11.4 Å². The highest BCUT2D eigenvalue weighted by Crippen LogP contribution is 2.29. The molecule has 0 radical (unpaired) electrons. The fourth-order valence-electron chi connectivity index (χ4n) is 3.35. The Morgan fingerprint density at radius 3 is 2.71 bits per heavy atom. The Labute approximate surface area is 159 Å². The smallest absolute Gasteiger partial charge is 0.339 e. The summed E-state index contributed by atoms with van der Waals surface area (Å²) in [7, 11) is 0. The van der Waals surface area contributed by atoms with Crippen LogP contribution in [0.2, 0.25) is 0 Å². The fraction of sp³-hybridized carbons (Fsp3) is 0.182. The van der Waals surface area contributed by atoms with Gasteiger partial charge in [0.25, 0.3) is 0 Å². The first kappa shape index (κ1) is 18.0. The van der Waals surface area contributed by atoms with Crippen molar-refractivity contribution in [2.24, 2.45) is 0 Å². The largest absolute Gasteiger partial charge is 0.464 e. The highest BCUT2D eigenvalue weighted by atomic mass is 19.1. The van der Waals surface area contributed by atoms with E-state index >= 15 is 0 Å². The molecule has 0 fully saturated rings. The molecule has 0 aliphatic carbocycles. The first-order valence-corrected chi connectivity index (χ1v) is 8.92. The van der Waals surface area contributed by atoms with Gasteiger partial charge in [-0.25, -0.2) is 9.18 Å². The zero-order valence-corrected chi connectivity index (χ0v) is 15.5. The molecule has 6 heteroatoms. The number of carbonyl (C=O) groups excluding carboxylic acids is 1. The predicted molar refractivity (Wildman–Crippen MR) is 105 cm³/mol. The van der Waals surface area contributed by atoms with E-state index in [4.69, 9.17) is 8.83 Å². The number of hydrogen-bond acceptors (Lipinski definition) is 4. The van der Waals surface area contributed by atoms with E-state index in [-0.39, 0.29) is 18.7 Å². The summed E-state index contributed by atoms with van der Waals surface area (Å²) in [6.45, 7) is 3.80. The third-order valence-corrected chi connectivity index (χ3v) is 4.89. The van der Waals surface area contributed by atoms with Crippen molar-refractivity contribution < 1.29 is 18.0 Å². The summed E-state index contributed by atoms with van der Waals surface area (Å²) in [5, 5.41) is 4.41. The second-order valence-electron chi connectivity index (χ2n) is 6.81. The van der Waals surface area contributed by atoms with Crippen LogP contribution in [0.4, 0.5) is 10.1 Å². The molecule has 0 aliphatic rings. The lowest BCUT2D eigenvalue weighted by molar-refractivity contribution is -0.116. The molecule has 5 nitrogen and oxygen atoms in total. The molecule has 1 N–H and O–H groups in total. The number of benzene rings is 2. The number of rotatable bonds is 4. The van der Waals surface area contributed by atoms with E-state index in [2.05, 4.69) is 5.32 Å². The van der Waals surface area contributed by atoms with Crippen molar-refractivity contribution in [2.45, 2.75) is 26.7 Å². The number of anilines is 1. The summed E-state index contributed by atoms with van der Waals surface area (Å²) in [6, 6.07) is 9.33. The van der Waals surface area contributed by atoms with Crippen LogP contribution in [-0.2, 0) is 11.2 Å². The Morgan fingerprint density at radius 1 is 1.11 bits per heavy atom. The molecule has 0 saturated heterocycles. The van der Waals surface area contributed by atoms with Crippen LogP contribution >= 0.6 is 0 Å². The van der Waals surface area contributed by atoms with Gasteiger partial charge in [-0.2, -0.15) is 0 Å². The summed E-state index contributed by atoms with van der Waals surface area (Å²) < 4.78 is 24.2. The summed E-state index contributed by atoms with van der Waals surface area (Å²) in [4.78, 5) is 24.6. The van der Waals surface area contributed by atoms with Gasteiger partial charge in [0.15, 0.2) is 0 Å². The third-order valence-electron chi connectivity index (χ3n) is 4.89. The third kappa shape index (κ3) is 3.29. The van der Waals surface area contributed by atoms with Gasteiger partial charge in [-0.1, -0.05) is 6.07 Å². The maximum absolute atomic E-state index is 13.2. The quantitative estimate of drug-likeness (QED) is 0.514. The van der Waals surface area contributed by atoms with E-state index in [9.17, 15) is 14.0 Å². The van der Waals surface area contributed by atoms with Gasteiger partial charge in [0.1, 0.15) is 17.0 Å². The zero-order valence-electron chi connectivity index (χ0n) is 15.5. The number of fused-ring (bicyclic) bond motifs is 2. The van der Waals surface area contributed by atoms with E-state index in [0.717, 1.165) is 21.9 Å². The van der Waals surface area contributed by atoms with Crippen LogP contribution < -0.4 is 10.9 Å². The number of hydrogen-bond donors (Lipinski definition) is 1. The lowest BCUT2D eigenvalue weighted by Gasteiger charge is -2.09. The minimum absolute atomic E-state index is 0.0839. The molecule has 2 aromatic heterocycles. The van der Waals surface area contributed by atoms with Crippen LogP contribution in [-0.4, -0.2) is 5.91 Å². The highest BCUT2D eigenvalue weighted by molar-refractivity contribution is 5.96. The first-order chi connectivity index (χ1) is 13.4. The van der Waals surface area contributed by atoms with Gasteiger partial charge in [0.05, 0.1) is 6.26 Å². The number of aryl methyl sites for hydroxylation is 2. The van der Waals surface area contributed by atoms with Crippen LogP contribution in [0.5, 0.6) is 0 Å². The van der Waals surface area contributed by atoms with Crippen molar-refractivity contribution in [1.29, 1.82) is 0 Å². The van der Waals surface area contributed by atoms with Crippen LogP contribution in [0.1, 0.15) is 23.1 Å². The Bertz CT molecular complexity index is 1270. The zero-order chi connectivity index (χ0) is 19.8. The van der Waals surface area contributed by atoms with Crippen molar-refractivity contribution in [2.75, 3.05) is 5.32 Å². The van der Waals surface area contributed by atoms with E-state index in [1.54, 1.807) is 18.4 Å². The van der Waals surface area contributed by atoms with Crippen molar-refractivity contribution in [3.8, 4) is 0 Å². The normalized spacial score (nSPS) is 11.2. The van der Waals surface area contributed by atoms with Gasteiger partial charge in [-0.3, -0.25) is 4.79 Å². The molecular formula is C22H18FNO4. The molecule has 2 heterocycles. The SMILES string of the molecule is Cc1coc2cc3oc(=O)c(CCC(=O)Nc4cccc(F)c4)c(C)c3cc12. The Balaban J connectivity index is 1.61. The molecule has 0 aliphatic heterocycles. The summed E-state index contributed by atoms with van der Waals surface area (Å²) in [6.07, 6.45) is 1.98. The van der Waals surface area contributed by atoms with Gasteiger partial charge < -0.3 is 14.2 Å². The molecule has 142 valence electrons. The maximum Gasteiger partial charge on any atom is 0.339 e. The standard InChI is InChI=1S/C22H18FNO4/c1-12-11-27-19-10-20-18(9-17(12)19)13(2)16(22(26)28-20)6-7-21(25)24-15-5-3-4-14(23)8-15/h3-5,8-11H,6-7H2,1-2H3,(H,24,25). The molecule has 0 spiro atoms. The van der Waals surface area contributed by atoms with Gasteiger partial charge in [0, 0.05) is 34.5 Å². The fourth-order valence-corrected chi connectivity index (χ4v) is 3.35. The number of carbonyl (C=O) groups is 1. The molecule has 4 rings (SSSR count). The molecular weight excluding hydrogens is 361 g/mol. The van der Waals surface area contributed by atoms with Crippen LogP contribution in [0.25, 0.3) is 21.9 Å². The van der Waals surface area contributed by atoms with Gasteiger partial charge >= 0.3 is 5.63 Å². The molecule has 0 bridgehead atoms. The number of furan rings is 1. The second-order valence-corrected chi connectivity index (χ2v) is 6.81.